The first-order valence-corrected chi connectivity index (χ1v) is 3.37. The molecule has 0 bridgehead atoms. The molecule has 14 heavy (non-hydrogen) atoms. The summed E-state index contributed by atoms with van der Waals surface area (Å²) in [4.78, 5) is 10.1. The van der Waals surface area contributed by atoms with Crippen molar-refractivity contribution in [3.63, 3.8) is 0 Å². The van der Waals surface area contributed by atoms with Gasteiger partial charge in [0.05, 0.1) is 0 Å². The van der Waals surface area contributed by atoms with Gasteiger partial charge in [0.15, 0.2) is 0 Å². The van der Waals surface area contributed by atoms with Crippen molar-refractivity contribution in [3.05, 3.63) is 0 Å². The quantitative estimate of drug-likeness (QED) is 0.536. The normalized spacial score (nSPS) is 9.29. The Kier molecular flexibility index (Phi) is 41.8. The minimum absolute atomic E-state index is 0. The third-order valence-corrected chi connectivity index (χ3v) is 1.29. The predicted molar refractivity (Wildman–Crippen MR) is 79.8 cm³/mol. The molecular weight excluding hydrogens is 452 g/mol. The number of carboxylic acid groups (broad SMARTS) is 1. The molecule has 0 aromatic carbocycles. The fourth-order valence-electron chi connectivity index (χ4n) is 0.632. The molecule has 1 atom stereocenters. The molecular formula is C6H18Br4N2O2. The molecule has 8 heteroatoms. The van der Waals surface area contributed by atoms with Crippen LogP contribution in [0.15, 0.2) is 0 Å². The third kappa shape index (κ3) is 19.0. The van der Waals surface area contributed by atoms with Crippen molar-refractivity contribution in [2.24, 2.45) is 11.5 Å². The van der Waals surface area contributed by atoms with Gasteiger partial charge in [0.1, 0.15) is 6.04 Å². The Morgan fingerprint density at radius 2 is 1.57 bits per heavy atom. The van der Waals surface area contributed by atoms with E-state index < -0.39 is 12.0 Å². The van der Waals surface area contributed by atoms with Gasteiger partial charge in [-0.3, -0.25) is 4.79 Å². The lowest BCUT2D eigenvalue weighted by atomic mass is 10.1. The third-order valence-electron chi connectivity index (χ3n) is 1.29. The van der Waals surface area contributed by atoms with Crippen molar-refractivity contribution >= 4 is 73.9 Å². The summed E-state index contributed by atoms with van der Waals surface area (Å²) in [5.74, 6) is -0.933. The molecule has 0 unspecified atom stereocenters. The molecule has 0 aliphatic carbocycles. The van der Waals surface area contributed by atoms with Crippen LogP contribution in [0.25, 0.3) is 0 Å². The summed E-state index contributed by atoms with van der Waals surface area (Å²) >= 11 is 0. The van der Waals surface area contributed by atoms with Crippen LogP contribution in [0.5, 0.6) is 0 Å². The van der Waals surface area contributed by atoms with Crippen molar-refractivity contribution < 1.29 is 9.90 Å². The number of halogens is 4. The van der Waals surface area contributed by atoms with Crippen LogP contribution < -0.4 is 11.5 Å². The van der Waals surface area contributed by atoms with E-state index in [0.717, 1.165) is 12.8 Å². The summed E-state index contributed by atoms with van der Waals surface area (Å²) in [7, 11) is 0. The van der Waals surface area contributed by atoms with Crippen LogP contribution in [0, 0.1) is 0 Å². The molecule has 0 amide bonds. The Balaban J connectivity index is -0.0000000675. The van der Waals surface area contributed by atoms with Gasteiger partial charge in [-0.15, -0.1) is 67.9 Å². The lowest BCUT2D eigenvalue weighted by Crippen LogP contribution is -2.29. The summed E-state index contributed by atoms with van der Waals surface area (Å²) in [5, 5.41) is 8.33. The van der Waals surface area contributed by atoms with Gasteiger partial charge in [0, 0.05) is 0 Å². The monoisotopic (exact) mass is 466 g/mol. The molecule has 0 aromatic rings. The zero-order chi connectivity index (χ0) is 7.98. The smallest absolute Gasteiger partial charge is 0.320 e. The number of hydrogen-bond acceptors (Lipinski definition) is 3. The average Bonchev–Trinajstić information content (AvgIpc) is 1.88. The average molecular weight is 470 g/mol. The summed E-state index contributed by atoms with van der Waals surface area (Å²) < 4.78 is 0. The molecule has 0 heterocycles. The van der Waals surface area contributed by atoms with Crippen molar-refractivity contribution in [3.8, 4) is 0 Å². The second-order valence-corrected chi connectivity index (χ2v) is 2.23. The lowest BCUT2D eigenvalue weighted by molar-refractivity contribution is -0.138. The molecule has 0 spiro atoms. The number of carbonyl (C=O) groups is 1. The molecule has 0 saturated carbocycles. The highest BCUT2D eigenvalue weighted by Crippen LogP contribution is 1.96. The number of nitrogens with two attached hydrogens (primary N) is 2. The van der Waals surface area contributed by atoms with Gasteiger partial charge in [-0.25, -0.2) is 0 Å². The maximum Gasteiger partial charge on any atom is 0.320 e. The Hall–Kier alpha value is 1.31. The van der Waals surface area contributed by atoms with E-state index in [0.29, 0.717) is 13.0 Å². The van der Waals surface area contributed by atoms with Gasteiger partial charge in [-0.1, -0.05) is 6.42 Å². The highest BCUT2D eigenvalue weighted by molar-refractivity contribution is 8.93. The van der Waals surface area contributed by atoms with Crippen LogP contribution >= 0.6 is 67.9 Å². The number of rotatable bonds is 5. The van der Waals surface area contributed by atoms with Crippen LogP contribution in [-0.4, -0.2) is 23.7 Å². The molecule has 0 saturated heterocycles. The van der Waals surface area contributed by atoms with E-state index in [1.54, 1.807) is 0 Å². The molecule has 0 fully saturated rings. The van der Waals surface area contributed by atoms with Crippen molar-refractivity contribution in [1.82, 2.24) is 0 Å². The van der Waals surface area contributed by atoms with E-state index in [1.807, 2.05) is 0 Å². The fourth-order valence-corrected chi connectivity index (χ4v) is 0.632. The lowest BCUT2D eigenvalue weighted by Gasteiger charge is -2.03. The fraction of sp³-hybridized carbons (Fsp3) is 0.833. The SMILES string of the molecule is Br.Br.Br.Br.NCCCC[C@@H](N)C(=O)O. The van der Waals surface area contributed by atoms with Gasteiger partial charge in [0.25, 0.3) is 0 Å². The minimum Gasteiger partial charge on any atom is -0.480 e. The Labute approximate surface area is 126 Å². The highest BCUT2D eigenvalue weighted by Gasteiger charge is 2.09. The number of aliphatic carboxylic acids is 1. The Bertz CT molecular complexity index is 118. The van der Waals surface area contributed by atoms with Gasteiger partial charge in [0.2, 0.25) is 0 Å². The zero-order valence-electron chi connectivity index (χ0n) is 7.55. The van der Waals surface area contributed by atoms with E-state index in [1.165, 1.54) is 0 Å². The van der Waals surface area contributed by atoms with E-state index >= 15 is 0 Å². The standard InChI is InChI=1S/C6H14N2O2.4BrH/c7-4-2-1-3-5(8)6(9)10;;;;/h5H,1-4,7-8H2,(H,9,10);4*1H/t5-;;;;/m1..../s1. The molecule has 92 valence electrons. The van der Waals surface area contributed by atoms with Crippen LogP contribution in [-0.2, 0) is 4.79 Å². The highest BCUT2D eigenvalue weighted by atomic mass is 79.9. The van der Waals surface area contributed by atoms with Crippen molar-refractivity contribution in [2.75, 3.05) is 6.54 Å². The first-order chi connectivity index (χ1) is 4.68. The maximum atomic E-state index is 10.1. The maximum absolute atomic E-state index is 10.1. The summed E-state index contributed by atoms with van der Waals surface area (Å²) in [6, 6.07) is -0.716. The van der Waals surface area contributed by atoms with E-state index in [4.69, 9.17) is 16.6 Å². The Morgan fingerprint density at radius 3 is 1.86 bits per heavy atom. The first-order valence-electron chi connectivity index (χ1n) is 3.37. The summed E-state index contributed by atoms with van der Waals surface area (Å²) in [6.07, 6.45) is 2.16. The van der Waals surface area contributed by atoms with E-state index in [-0.39, 0.29) is 67.9 Å². The van der Waals surface area contributed by atoms with Crippen molar-refractivity contribution in [2.45, 2.75) is 25.3 Å². The Morgan fingerprint density at radius 1 is 1.14 bits per heavy atom. The number of hydrogen-bond donors (Lipinski definition) is 3. The van der Waals surface area contributed by atoms with Crippen LogP contribution in [0.1, 0.15) is 19.3 Å². The minimum atomic E-state index is -0.933. The van der Waals surface area contributed by atoms with Gasteiger partial charge < -0.3 is 16.6 Å². The zero-order valence-corrected chi connectivity index (χ0v) is 14.4. The number of carboxylic acids is 1. The summed E-state index contributed by atoms with van der Waals surface area (Å²) in [5.41, 5.74) is 10.4. The van der Waals surface area contributed by atoms with Gasteiger partial charge >= 0.3 is 5.97 Å². The molecule has 4 nitrogen and oxygen atoms in total. The van der Waals surface area contributed by atoms with Gasteiger partial charge in [-0.05, 0) is 19.4 Å². The van der Waals surface area contributed by atoms with Crippen molar-refractivity contribution in [1.29, 1.82) is 0 Å². The molecule has 5 N–H and O–H groups in total. The first kappa shape index (κ1) is 29.5. The van der Waals surface area contributed by atoms with E-state index in [9.17, 15) is 4.79 Å². The molecule has 0 aromatic heterocycles. The molecule has 0 rings (SSSR count). The van der Waals surface area contributed by atoms with Crippen LogP contribution in [0.3, 0.4) is 0 Å². The second-order valence-electron chi connectivity index (χ2n) is 2.23. The predicted octanol–water partition coefficient (Wildman–Crippen LogP) is 1.84. The van der Waals surface area contributed by atoms with E-state index in [2.05, 4.69) is 0 Å². The largest absolute Gasteiger partial charge is 0.480 e. The van der Waals surface area contributed by atoms with Crippen LogP contribution in [0.2, 0.25) is 0 Å². The van der Waals surface area contributed by atoms with Crippen LogP contribution in [0.4, 0.5) is 0 Å². The summed E-state index contributed by atoms with van der Waals surface area (Å²) in [6.45, 7) is 0.604. The molecule has 0 aliphatic heterocycles. The topological polar surface area (TPSA) is 89.3 Å². The molecule has 0 aliphatic rings. The molecule has 0 radical (unpaired) electrons. The second kappa shape index (κ2) is 19.8. The number of unbranched alkanes of at least 4 members (excludes halogenated alkanes) is 1. The van der Waals surface area contributed by atoms with Gasteiger partial charge in [-0.2, -0.15) is 0 Å².